The molecule has 6 heteroatoms. The number of nitrogens with one attached hydrogen (secondary N) is 1. The normalized spacial score (nSPS) is 20.2. The summed E-state index contributed by atoms with van der Waals surface area (Å²) in [6, 6.07) is 0. The molecular weight excluding hydrogens is 272 g/mol. The summed E-state index contributed by atoms with van der Waals surface area (Å²) in [4.78, 5) is 13.7. The summed E-state index contributed by atoms with van der Waals surface area (Å²) in [5.41, 5.74) is -1.53. The van der Waals surface area contributed by atoms with Crippen molar-refractivity contribution in [2.24, 2.45) is 5.92 Å². The molecule has 0 saturated carbocycles. The predicted octanol–water partition coefficient (Wildman–Crippen LogP) is 0.966. The Balaban J connectivity index is 2.25. The highest BCUT2D eigenvalue weighted by Crippen LogP contribution is 2.19. The summed E-state index contributed by atoms with van der Waals surface area (Å²) in [5, 5.41) is 21.8. The Morgan fingerprint density at radius 3 is 2.33 bits per heavy atom. The standard InChI is InChI=1S/C15H30N2O4/c1-14(2,3)21-13(19)17-7-5-12(6-8-17)9-16-10-15(4,20)11-18/h12,16,18,20H,5-11H2,1-4H3. The number of carbonyl (C=O) groups is 1. The summed E-state index contributed by atoms with van der Waals surface area (Å²) in [6.45, 7) is 9.53. The summed E-state index contributed by atoms with van der Waals surface area (Å²) < 4.78 is 5.36. The molecule has 3 N–H and O–H groups in total. The van der Waals surface area contributed by atoms with Gasteiger partial charge in [-0.1, -0.05) is 0 Å². The molecule has 1 fully saturated rings. The first-order chi connectivity index (χ1) is 9.63. The van der Waals surface area contributed by atoms with Crippen LogP contribution in [0.1, 0.15) is 40.5 Å². The zero-order valence-electron chi connectivity index (χ0n) is 13.7. The molecule has 0 bridgehead atoms. The first kappa shape index (κ1) is 18.2. The molecule has 1 aliphatic rings. The van der Waals surface area contributed by atoms with Gasteiger partial charge < -0.3 is 25.2 Å². The molecule has 0 radical (unpaired) electrons. The summed E-state index contributed by atoms with van der Waals surface area (Å²) in [5.74, 6) is 0.484. The third-order valence-corrected chi connectivity index (χ3v) is 3.55. The first-order valence-corrected chi connectivity index (χ1v) is 7.65. The fraction of sp³-hybridized carbons (Fsp3) is 0.933. The molecular formula is C15H30N2O4. The van der Waals surface area contributed by atoms with Crippen LogP contribution >= 0.6 is 0 Å². The molecule has 1 rings (SSSR count). The molecule has 124 valence electrons. The Labute approximate surface area is 127 Å². The second-order valence-corrected chi connectivity index (χ2v) is 7.20. The molecule has 1 aliphatic heterocycles. The molecule has 21 heavy (non-hydrogen) atoms. The van der Waals surface area contributed by atoms with Crippen molar-refractivity contribution in [1.29, 1.82) is 0 Å². The molecule has 1 heterocycles. The van der Waals surface area contributed by atoms with Crippen LogP contribution in [0.5, 0.6) is 0 Å². The van der Waals surface area contributed by atoms with Crippen molar-refractivity contribution in [3.8, 4) is 0 Å². The second kappa shape index (κ2) is 7.42. The van der Waals surface area contributed by atoms with Gasteiger partial charge in [0.1, 0.15) is 5.60 Å². The number of nitrogens with zero attached hydrogens (tertiary/aromatic N) is 1. The fourth-order valence-electron chi connectivity index (χ4n) is 2.25. The van der Waals surface area contributed by atoms with Crippen LogP contribution in [0.15, 0.2) is 0 Å². The minimum atomic E-state index is -1.07. The number of hydrogen-bond donors (Lipinski definition) is 3. The van der Waals surface area contributed by atoms with Gasteiger partial charge in [0, 0.05) is 19.6 Å². The van der Waals surface area contributed by atoms with Gasteiger partial charge in [-0.2, -0.15) is 0 Å². The number of aliphatic hydroxyl groups excluding tert-OH is 1. The lowest BCUT2D eigenvalue weighted by molar-refractivity contribution is 0.00114. The van der Waals surface area contributed by atoms with Gasteiger partial charge in [0.25, 0.3) is 0 Å². The van der Waals surface area contributed by atoms with Crippen LogP contribution in [-0.2, 0) is 4.74 Å². The van der Waals surface area contributed by atoms with Crippen LogP contribution in [0.25, 0.3) is 0 Å². The molecule has 1 atom stereocenters. The zero-order chi connectivity index (χ0) is 16.1. The van der Waals surface area contributed by atoms with E-state index >= 15 is 0 Å². The van der Waals surface area contributed by atoms with Crippen molar-refractivity contribution in [3.63, 3.8) is 0 Å². The Kier molecular flexibility index (Phi) is 6.43. The molecule has 0 aromatic heterocycles. The van der Waals surface area contributed by atoms with Gasteiger partial charge in [0.05, 0.1) is 12.2 Å². The molecule has 1 amide bonds. The zero-order valence-corrected chi connectivity index (χ0v) is 13.7. The molecule has 1 saturated heterocycles. The SMILES string of the molecule is CC(O)(CO)CNCC1CCN(C(=O)OC(C)(C)C)CC1. The van der Waals surface area contributed by atoms with E-state index < -0.39 is 11.2 Å². The summed E-state index contributed by atoms with van der Waals surface area (Å²) >= 11 is 0. The Bertz CT molecular complexity index is 331. The van der Waals surface area contributed by atoms with Gasteiger partial charge in [0.15, 0.2) is 0 Å². The van der Waals surface area contributed by atoms with E-state index in [4.69, 9.17) is 9.84 Å². The lowest BCUT2D eigenvalue weighted by atomic mass is 9.96. The quantitative estimate of drug-likeness (QED) is 0.705. The minimum absolute atomic E-state index is 0.239. The fourth-order valence-corrected chi connectivity index (χ4v) is 2.25. The summed E-state index contributed by atoms with van der Waals surface area (Å²) in [6.07, 6.45) is 1.61. The average molecular weight is 302 g/mol. The van der Waals surface area contributed by atoms with Crippen LogP contribution in [0.3, 0.4) is 0 Å². The number of piperidine rings is 1. The number of amides is 1. The average Bonchev–Trinajstić information content (AvgIpc) is 2.37. The van der Waals surface area contributed by atoms with Crippen molar-refractivity contribution in [2.75, 3.05) is 32.8 Å². The van der Waals surface area contributed by atoms with E-state index in [9.17, 15) is 9.90 Å². The van der Waals surface area contributed by atoms with Crippen LogP contribution in [0, 0.1) is 5.92 Å². The van der Waals surface area contributed by atoms with E-state index in [2.05, 4.69) is 5.32 Å². The van der Waals surface area contributed by atoms with Crippen molar-refractivity contribution in [2.45, 2.75) is 51.7 Å². The van der Waals surface area contributed by atoms with Crippen molar-refractivity contribution >= 4 is 6.09 Å². The monoisotopic (exact) mass is 302 g/mol. The van der Waals surface area contributed by atoms with Crippen molar-refractivity contribution in [3.05, 3.63) is 0 Å². The van der Waals surface area contributed by atoms with Gasteiger partial charge >= 0.3 is 6.09 Å². The van der Waals surface area contributed by atoms with Crippen LogP contribution < -0.4 is 5.32 Å². The second-order valence-electron chi connectivity index (χ2n) is 7.20. The highest BCUT2D eigenvalue weighted by Gasteiger charge is 2.27. The minimum Gasteiger partial charge on any atom is -0.444 e. The Morgan fingerprint density at radius 2 is 1.86 bits per heavy atom. The largest absolute Gasteiger partial charge is 0.444 e. The van der Waals surface area contributed by atoms with E-state index in [0.717, 1.165) is 19.4 Å². The van der Waals surface area contributed by atoms with Gasteiger partial charge in [-0.3, -0.25) is 0 Å². The Hall–Kier alpha value is -0.850. The maximum Gasteiger partial charge on any atom is 0.410 e. The highest BCUT2D eigenvalue weighted by atomic mass is 16.6. The highest BCUT2D eigenvalue weighted by molar-refractivity contribution is 5.68. The molecule has 6 nitrogen and oxygen atoms in total. The van der Waals surface area contributed by atoms with Crippen molar-refractivity contribution < 1.29 is 19.7 Å². The van der Waals surface area contributed by atoms with E-state index in [1.807, 2.05) is 20.8 Å². The van der Waals surface area contributed by atoms with Gasteiger partial charge in [-0.15, -0.1) is 0 Å². The van der Waals surface area contributed by atoms with Crippen LogP contribution in [-0.4, -0.2) is 65.2 Å². The number of hydrogen-bond acceptors (Lipinski definition) is 5. The predicted molar refractivity (Wildman–Crippen MR) is 81.1 cm³/mol. The smallest absolute Gasteiger partial charge is 0.410 e. The molecule has 0 aliphatic carbocycles. The third kappa shape index (κ3) is 7.11. The molecule has 0 spiro atoms. The van der Waals surface area contributed by atoms with E-state index in [1.165, 1.54) is 0 Å². The maximum atomic E-state index is 11.9. The lowest BCUT2D eigenvalue weighted by Gasteiger charge is -2.34. The number of aliphatic hydroxyl groups is 2. The van der Waals surface area contributed by atoms with E-state index in [0.29, 0.717) is 25.6 Å². The number of likely N-dealkylation sites (tertiary alicyclic amines) is 1. The topological polar surface area (TPSA) is 82.0 Å². The van der Waals surface area contributed by atoms with Crippen LogP contribution in [0.4, 0.5) is 4.79 Å². The summed E-state index contributed by atoms with van der Waals surface area (Å²) in [7, 11) is 0. The molecule has 1 unspecified atom stereocenters. The van der Waals surface area contributed by atoms with E-state index in [1.54, 1.807) is 11.8 Å². The maximum absolute atomic E-state index is 11.9. The van der Waals surface area contributed by atoms with E-state index in [-0.39, 0.29) is 12.7 Å². The third-order valence-electron chi connectivity index (χ3n) is 3.55. The number of carbonyl (C=O) groups excluding carboxylic acids is 1. The number of rotatable bonds is 5. The first-order valence-electron chi connectivity index (χ1n) is 7.65. The Morgan fingerprint density at radius 1 is 1.29 bits per heavy atom. The van der Waals surface area contributed by atoms with Gasteiger partial charge in [-0.25, -0.2) is 4.79 Å². The molecule has 0 aromatic rings. The number of ether oxygens (including phenoxy) is 1. The van der Waals surface area contributed by atoms with Crippen molar-refractivity contribution in [1.82, 2.24) is 10.2 Å². The van der Waals surface area contributed by atoms with Gasteiger partial charge in [-0.05, 0) is 53.0 Å². The van der Waals surface area contributed by atoms with Crippen LogP contribution in [0.2, 0.25) is 0 Å². The lowest BCUT2D eigenvalue weighted by Crippen LogP contribution is -2.45. The molecule has 0 aromatic carbocycles. The van der Waals surface area contributed by atoms with Gasteiger partial charge in [0.2, 0.25) is 0 Å².